The van der Waals surface area contributed by atoms with E-state index in [0.717, 1.165) is 26.6 Å². The van der Waals surface area contributed by atoms with Crippen LogP contribution in [0.5, 0.6) is 0 Å². The Bertz CT molecular complexity index is 1530. The summed E-state index contributed by atoms with van der Waals surface area (Å²) >= 11 is 6.18. The van der Waals surface area contributed by atoms with Crippen LogP contribution in [-0.4, -0.2) is 21.9 Å². The number of nitrogens with one attached hydrogen (secondary N) is 1. The van der Waals surface area contributed by atoms with Gasteiger partial charge in [-0.1, -0.05) is 48.0 Å². The molecule has 0 radical (unpaired) electrons. The second kappa shape index (κ2) is 8.96. The molecule has 8 heteroatoms. The monoisotopic (exact) mass is 453 g/mol. The summed E-state index contributed by atoms with van der Waals surface area (Å²) in [7, 11) is 0. The maximum Gasteiger partial charge on any atom is 0.292 e. The number of carbonyl (C=O) groups is 1. The van der Waals surface area contributed by atoms with Crippen LogP contribution in [0, 0.1) is 37.3 Å². The van der Waals surface area contributed by atoms with Crippen LogP contribution < -0.4 is 11.0 Å². The van der Waals surface area contributed by atoms with E-state index in [1.54, 1.807) is 24.3 Å². The van der Waals surface area contributed by atoms with Crippen LogP contribution in [0.15, 0.2) is 58.4 Å². The minimum Gasteiger partial charge on any atom is -0.266 e. The fraction of sp³-hybridized carbons (Fsp3) is 0.0800. The highest BCUT2D eigenvalue weighted by molar-refractivity contribution is 6.31. The Hall–Kier alpha value is -4.46. The Labute approximate surface area is 194 Å². The van der Waals surface area contributed by atoms with Gasteiger partial charge in [-0.25, -0.2) is 5.43 Å². The van der Waals surface area contributed by atoms with Gasteiger partial charge in [0.1, 0.15) is 11.6 Å². The summed E-state index contributed by atoms with van der Waals surface area (Å²) in [5, 5.41) is 19.9. The molecule has 0 saturated carbocycles. The molecule has 1 amide bonds. The second-order valence-electron chi connectivity index (χ2n) is 7.22. The third-order valence-electron chi connectivity index (χ3n) is 5.11. The first-order valence-corrected chi connectivity index (χ1v) is 10.2. The number of amides is 1. The molecule has 0 aliphatic heterocycles. The SMILES string of the molecule is Cc1ccc(-n2nc(C(=O)N/N=C/c3cc#cc4ccccc34)c(C)c(C#N)c2=O)cc1Cl. The molecule has 0 saturated heterocycles. The van der Waals surface area contributed by atoms with Crippen LogP contribution >= 0.6 is 11.6 Å². The third-order valence-corrected chi connectivity index (χ3v) is 5.51. The maximum absolute atomic E-state index is 12.9. The van der Waals surface area contributed by atoms with Crippen LogP contribution in [-0.2, 0) is 0 Å². The van der Waals surface area contributed by atoms with Crippen LogP contribution in [0.4, 0.5) is 0 Å². The van der Waals surface area contributed by atoms with Gasteiger partial charge >= 0.3 is 0 Å². The Morgan fingerprint density at radius 2 is 2.06 bits per heavy atom. The molecule has 1 aromatic heterocycles. The van der Waals surface area contributed by atoms with E-state index in [4.69, 9.17) is 11.6 Å². The lowest BCUT2D eigenvalue weighted by Gasteiger charge is -2.11. The number of fused-ring (bicyclic) bond motifs is 1. The number of hydrogen-bond acceptors (Lipinski definition) is 5. The van der Waals surface area contributed by atoms with Gasteiger partial charge in [0.2, 0.25) is 0 Å². The predicted octanol–water partition coefficient (Wildman–Crippen LogP) is 3.89. The number of hydrazone groups is 1. The highest BCUT2D eigenvalue weighted by Gasteiger charge is 2.20. The molecule has 1 heterocycles. The smallest absolute Gasteiger partial charge is 0.266 e. The van der Waals surface area contributed by atoms with Crippen molar-refractivity contribution in [1.29, 1.82) is 5.26 Å². The van der Waals surface area contributed by atoms with Crippen LogP contribution in [0.1, 0.15) is 32.7 Å². The van der Waals surface area contributed by atoms with Crippen molar-refractivity contribution in [3.8, 4) is 11.8 Å². The van der Waals surface area contributed by atoms with Crippen LogP contribution in [0.2, 0.25) is 5.02 Å². The van der Waals surface area contributed by atoms with E-state index in [1.165, 1.54) is 13.1 Å². The summed E-state index contributed by atoms with van der Waals surface area (Å²) in [6.07, 6.45) is 1.49. The van der Waals surface area contributed by atoms with Crippen LogP contribution in [0.3, 0.4) is 0 Å². The summed E-state index contributed by atoms with van der Waals surface area (Å²) < 4.78 is 0.991. The van der Waals surface area contributed by atoms with Crippen molar-refractivity contribution in [2.75, 3.05) is 0 Å². The average Bonchev–Trinajstić information content (AvgIpc) is 2.81. The zero-order valence-electron chi connectivity index (χ0n) is 17.7. The van der Waals surface area contributed by atoms with Crippen molar-refractivity contribution >= 4 is 34.5 Å². The number of halogens is 1. The van der Waals surface area contributed by atoms with E-state index in [2.05, 4.69) is 27.8 Å². The lowest BCUT2D eigenvalue weighted by atomic mass is 10.1. The number of hydrogen-bond donors (Lipinski definition) is 1. The molecule has 1 N–H and O–H groups in total. The number of nitriles is 1. The summed E-state index contributed by atoms with van der Waals surface area (Å²) in [4.78, 5) is 25.6. The molecular weight excluding hydrogens is 438 g/mol. The molecule has 0 fully saturated rings. The molecule has 160 valence electrons. The molecule has 33 heavy (non-hydrogen) atoms. The van der Waals surface area contributed by atoms with E-state index in [-0.39, 0.29) is 16.8 Å². The number of aromatic nitrogens is 2. The van der Waals surface area contributed by atoms with Crippen LogP contribution in [0.25, 0.3) is 16.5 Å². The minimum atomic E-state index is -0.664. The van der Waals surface area contributed by atoms with Crippen molar-refractivity contribution in [3.63, 3.8) is 0 Å². The minimum absolute atomic E-state index is 0.0992. The zero-order valence-corrected chi connectivity index (χ0v) is 18.4. The van der Waals surface area contributed by atoms with Gasteiger partial charge in [0.05, 0.1) is 11.9 Å². The summed E-state index contributed by atoms with van der Waals surface area (Å²) in [6.45, 7) is 3.31. The zero-order chi connectivity index (χ0) is 23.5. The Morgan fingerprint density at radius 3 is 2.82 bits per heavy atom. The molecule has 0 aliphatic rings. The molecule has 0 aliphatic carbocycles. The molecule has 0 unspecified atom stereocenters. The average molecular weight is 454 g/mol. The number of rotatable bonds is 4. The highest BCUT2D eigenvalue weighted by atomic mass is 35.5. The molecule has 4 rings (SSSR count). The first-order valence-electron chi connectivity index (χ1n) is 9.85. The van der Waals surface area contributed by atoms with Gasteiger partial charge in [-0.15, -0.1) is 0 Å². The molecule has 0 atom stereocenters. The van der Waals surface area contributed by atoms with E-state index in [9.17, 15) is 14.9 Å². The molecule has 4 aromatic rings. The second-order valence-corrected chi connectivity index (χ2v) is 7.63. The van der Waals surface area contributed by atoms with E-state index in [1.807, 2.05) is 37.3 Å². The quantitative estimate of drug-likeness (QED) is 0.374. The summed E-state index contributed by atoms with van der Waals surface area (Å²) in [5.74, 6) is -0.664. The first-order chi connectivity index (χ1) is 15.9. The maximum atomic E-state index is 12.9. The normalized spacial score (nSPS) is 10.7. The van der Waals surface area contributed by atoms with Gasteiger partial charge in [0.15, 0.2) is 5.69 Å². The van der Waals surface area contributed by atoms with E-state index >= 15 is 0 Å². The van der Waals surface area contributed by atoms with Crippen molar-refractivity contribution < 1.29 is 4.79 Å². The van der Waals surface area contributed by atoms with Crippen molar-refractivity contribution in [1.82, 2.24) is 15.2 Å². The predicted molar refractivity (Wildman–Crippen MR) is 126 cm³/mol. The molecule has 0 spiro atoms. The summed E-state index contributed by atoms with van der Waals surface area (Å²) in [6, 6.07) is 22.0. The fourth-order valence-corrected chi connectivity index (χ4v) is 3.45. The van der Waals surface area contributed by atoms with E-state index in [0.29, 0.717) is 10.7 Å². The van der Waals surface area contributed by atoms with Gasteiger partial charge in [-0.05, 0) is 49.1 Å². The van der Waals surface area contributed by atoms with Gasteiger partial charge in [0, 0.05) is 21.5 Å². The highest BCUT2D eigenvalue weighted by Crippen LogP contribution is 2.19. The molecule has 3 aromatic carbocycles. The molecular formula is C25H16ClN5O2. The molecule has 0 bridgehead atoms. The lowest BCUT2D eigenvalue weighted by molar-refractivity contribution is 0.0947. The standard InChI is InChI=1S/C25H16ClN5O2/c1-15-10-11-19(12-22(15)26)31-25(33)21(13-27)16(2)23(30-31)24(32)29-28-14-18-8-5-7-17-6-3-4-9-20(17)18/h3-4,6,8-12,14H,1-2H3,(H,29,32)/b28-14+. The lowest BCUT2D eigenvalue weighted by Crippen LogP contribution is -2.31. The molecule has 7 nitrogen and oxygen atoms in total. The van der Waals surface area contributed by atoms with E-state index < -0.39 is 11.5 Å². The largest absolute Gasteiger partial charge is 0.292 e. The number of carbonyl (C=O) groups excluding carboxylic acids is 1. The van der Waals surface area contributed by atoms with Gasteiger partial charge in [-0.3, -0.25) is 9.59 Å². The van der Waals surface area contributed by atoms with Crippen molar-refractivity contribution in [2.45, 2.75) is 13.8 Å². The first kappa shape index (κ1) is 21.8. The number of nitrogens with zero attached hydrogens (tertiary/aromatic N) is 4. The topological polar surface area (TPSA) is 100 Å². The Morgan fingerprint density at radius 1 is 1.27 bits per heavy atom. The van der Waals surface area contributed by atoms with Gasteiger partial charge in [0.25, 0.3) is 11.5 Å². The van der Waals surface area contributed by atoms with Crippen molar-refractivity contribution in [3.05, 3.63) is 104 Å². The Kier molecular flexibility index (Phi) is 5.91. The van der Waals surface area contributed by atoms with Gasteiger partial charge < -0.3 is 0 Å². The Balaban J connectivity index is 1.70. The number of aryl methyl sites for hydroxylation is 1. The van der Waals surface area contributed by atoms with Gasteiger partial charge in [-0.2, -0.15) is 20.1 Å². The third kappa shape index (κ3) is 4.18. The number of benzene rings is 2. The fourth-order valence-electron chi connectivity index (χ4n) is 3.27. The summed E-state index contributed by atoms with van der Waals surface area (Å²) in [5.41, 5.74) is 3.55. The van der Waals surface area contributed by atoms with Crippen molar-refractivity contribution in [2.24, 2.45) is 5.10 Å².